The van der Waals surface area contributed by atoms with Crippen LogP contribution in [-0.4, -0.2) is 47.6 Å². The molecule has 1 atom stereocenters. The van der Waals surface area contributed by atoms with Gasteiger partial charge in [-0.15, -0.1) is 0 Å². The summed E-state index contributed by atoms with van der Waals surface area (Å²) in [5, 5.41) is 0. The van der Waals surface area contributed by atoms with Gasteiger partial charge in [0.05, 0.1) is 12.3 Å². The molecule has 1 spiro atoms. The molecule has 1 unspecified atom stereocenters. The van der Waals surface area contributed by atoms with Crippen molar-refractivity contribution in [2.45, 2.75) is 31.0 Å². The molecular formula is C20H24N4O3. The van der Waals surface area contributed by atoms with E-state index in [-0.39, 0.29) is 11.9 Å². The lowest BCUT2D eigenvalue weighted by Gasteiger charge is -2.44. The van der Waals surface area contributed by atoms with E-state index in [0.29, 0.717) is 32.5 Å². The number of amides is 1. The van der Waals surface area contributed by atoms with E-state index < -0.39 is 11.7 Å². The van der Waals surface area contributed by atoms with Gasteiger partial charge >= 0.3 is 0 Å². The van der Waals surface area contributed by atoms with Gasteiger partial charge in [0.15, 0.2) is 6.10 Å². The van der Waals surface area contributed by atoms with Gasteiger partial charge in [0.25, 0.3) is 5.91 Å². The molecule has 3 heterocycles. The standard InChI is InChI=1S/C20H24N4O3/c1-26-16(14-5-3-2-4-6-14)18(25)24-10-8-20(9-11-24)17-15(7-12-27-20)13-22-19(21)23-17/h2-6,13,16H,7-12H2,1H3,(H2,21,22,23). The summed E-state index contributed by atoms with van der Waals surface area (Å²) < 4.78 is 11.7. The molecule has 0 bridgehead atoms. The topological polar surface area (TPSA) is 90.6 Å². The number of piperidine rings is 1. The van der Waals surface area contributed by atoms with Crippen LogP contribution in [0.15, 0.2) is 36.5 Å². The van der Waals surface area contributed by atoms with Gasteiger partial charge < -0.3 is 20.1 Å². The number of carbonyl (C=O) groups excluding carboxylic acids is 1. The largest absolute Gasteiger partial charge is 0.368 e. The molecule has 7 nitrogen and oxygen atoms in total. The molecule has 1 aromatic heterocycles. The maximum atomic E-state index is 13.0. The Balaban J connectivity index is 1.51. The molecule has 0 aliphatic carbocycles. The SMILES string of the molecule is COC(C(=O)N1CCC2(CC1)OCCc1cnc(N)nc12)c1ccccc1. The fourth-order valence-electron chi connectivity index (χ4n) is 4.07. The first-order valence-electron chi connectivity index (χ1n) is 9.25. The molecule has 1 fully saturated rings. The highest BCUT2D eigenvalue weighted by molar-refractivity contribution is 5.82. The molecule has 0 saturated carbocycles. The average molecular weight is 368 g/mol. The maximum Gasteiger partial charge on any atom is 0.256 e. The summed E-state index contributed by atoms with van der Waals surface area (Å²) in [6, 6.07) is 9.58. The van der Waals surface area contributed by atoms with E-state index in [1.807, 2.05) is 35.2 Å². The number of hydrogen-bond acceptors (Lipinski definition) is 6. The Bertz CT molecular complexity index is 819. The van der Waals surface area contributed by atoms with Crippen LogP contribution in [0.4, 0.5) is 5.95 Å². The molecule has 142 valence electrons. The first-order chi connectivity index (χ1) is 13.1. The number of aromatic nitrogens is 2. The molecule has 1 aromatic carbocycles. The fraction of sp³-hybridized carbons (Fsp3) is 0.450. The highest BCUT2D eigenvalue weighted by Gasteiger charge is 2.44. The van der Waals surface area contributed by atoms with Crippen LogP contribution >= 0.6 is 0 Å². The second-order valence-corrected chi connectivity index (χ2v) is 7.05. The molecular weight excluding hydrogens is 344 g/mol. The number of nitrogen functional groups attached to an aromatic ring is 1. The van der Waals surface area contributed by atoms with Gasteiger partial charge in [-0.25, -0.2) is 9.97 Å². The van der Waals surface area contributed by atoms with Gasteiger partial charge in [-0.1, -0.05) is 30.3 Å². The van der Waals surface area contributed by atoms with Crippen LogP contribution in [0.25, 0.3) is 0 Å². The summed E-state index contributed by atoms with van der Waals surface area (Å²) in [6.45, 7) is 1.82. The van der Waals surface area contributed by atoms with E-state index in [2.05, 4.69) is 9.97 Å². The van der Waals surface area contributed by atoms with E-state index in [4.69, 9.17) is 15.2 Å². The second kappa shape index (κ2) is 7.25. The molecule has 4 rings (SSSR count). The van der Waals surface area contributed by atoms with Crippen molar-refractivity contribution in [2.75, 3.05) is 32.5 Å². The minimum Gasteiger partial charge on any atom is -0.368 e. The predicted octanol–water partition coefficient (Wildman–Crippen LogP) is 1.84. The van der Waals surface area contributed by atoms with E-state index in [1.54, 1.807) is 13.3 Å². The zero-order valence-electron chi connectivity index (χ0n) is 15.4. The number of rotatable bonds is 3. The number of fused-ring (bicyclic) bond motifs is 2. The van der Waals surface area contributed by atoms with Gasteiger partial charge in [-0.2, -0.15) is 0 Å². The van der Waals surface area contributed by atoms with Crippen molar-refractivity contribution in [3.63, 3.8) is 0 Å². The molecule has 0 radical (unpaired) electrons. The van der Waals surface area contributed by atoms with Crippen LogP contribution < -0.4 is 5.73 Å². The zero-order chi connectivity index (χ0) is 18.9. The van der Waals surface area contributed by atoms with Crippen LogP contribution in [0.1, 0.15) is 35.8 Å². The number of benzene rings is 1. The maximum absolute atomic E-state index is 13.0. The molecule has 1 amide bonds. The van der Waals surface area contributed by atoms with Crippen molar-refractivity contribution in [1.29, 1.82) is 0 Å². The fourth-order valence-corrected chi connectivity index (χ4v) is 4.07. The lowest BCUT2D eigenvalue weighted by atomic mass is 9.83. The van der Waals surface area contributed by atoms with Crippen molar-refractivity contribution in [1.82, 2.24) is 14.9 Å². The Morgan fingerprint density at radius 1 is 1.30 bits per heavy atom. The highest BCUT2D eigenvalue weighted by Crippen LogP contribution is 2.41. The van der Waals surface area contributed by atoms with Crippen molar-refractivity contribution < 1.29 is 14.3 Å². The molecule has 2 N–H and O–H groups in total. The van der Waals surface area contributed by atoms with Crippen molar-refractivity contribution >= 4 is 11.9 Å². The van der Waals surface area contributed by atoms with Crippen LogP contribution in [0.2, 0.25) is 0 Å². The van der Waals surface area contributed by atoms with Crippen LogP contribution in [-0.2, 0) is 26.3 Å². The third kappa shape index (κ3) is 3.28. The van der Waals surface area contributed by atoms with Crippen molar-refractivity contribution in [2.24, 2.45) is 0 Å². The molecule has 1 saturated heterocycles. The third-order valence-electron chi connectivity index (χ3n) is 5.51. The van der Waals surface area contributed by atoms with E-state index in [1.165, 1.54) is 0 Å². The number of ether oxygens (including phenoxy) is 2. The highest BCUT2D eigenvalue weighted by atomic mass is 16.5. The zero-order valence-corrected chi connectivity index (χ0v) is 15.4. The Labute approximate surface area is 158 Å². The number of anilines is 1. The Morgan fingerprint density at radius 3 is 2.74 bits per heavy atom. The molecule has 2 aromatic rings. The van der Waals surface area contributed by atoms with Gasteiger partial charge in [-0.05, 0) is 30.4 Å². The lowest BCUT2D eigenvalue weighted by molar-refractivity contribution is -0.151. The summed E-state index contributed by atoms with van der Waals surface area (Å²) in [6.07, 6.45) is 3.38. The van der Waals surface area contributed by atoms with Crippen LogP contribution in [0.3, 0.4) is 0 Å². The molecule has 7 heteroatoms. The van der Waals surface area contributed by atoms with Crippen LogP contribution in [0.5, 0.6) is 0 Å². The van der Waals surface area contributed by atoms with Crippen molar-refractivity contribution in [3.05, 3.63) is 53.3 Å². The summed E-state index contributed by atoms with van der Waals surface area (Å²) in [5.41, 5.74) is 8.18. The second-order valence-electron chi connectivity index (χ2n) is 7.05. The molecule has 2 aliphatic rings. The van der Waals surface area contributed by atoms with Gasteiger partial charge in [0, 0.05) is 26.4 Å². The summed E-state index contributed by atoms with van der Waals surface area (Å²) in [7, 11) is 1.57. The summed E-state index contributed by atoms with van der Waals surface area (Å²) in [5.74, 6) is 0.248. The first-order valence-corrected chi connectivity index (χ1v) is 9.25. The Hall–Kier alpha value is -2.51. The van der Waals surface area contributed by atoms with Gasteiger partial charge in [0.2, 0.25) is 5.95 Å². The smallest absolute Gasteiger partial charge is 0.256 e. The van der Waals surface area contributed by atoms with E-state index in [9.17, 15) is 4.79 Å². The van der Waals surface area contributed by atoms with Crippen molar-refractivity contribution in [3.8, 4) is 0 Å². The number of hydrogen-bond donors (Lipinski definition) is 1. The number of nitrogens with two attached hydrogens (primary N) is 1. The number of nitrogens with zero attached hydrogens (tertiary/aromatic N) is 3. The number of methoxy groups -OCH3 is 1. The normalized spacial score (nSPS) is 19.5. The summed E-state index contributed by atoms with van der Waals surface area (Å²) in [4.78, 5) is 23.5. The van der Waals surface area contributed by atoms with Gasteiger partial charge in [0.1, 0.15) is 5.60 Å². The monoisotopic (exact) mass is 368 g/mol. The average Bonchev–Trinajstić information content (AvgIpc) is 2.71. The minimum atomic E-state index is -0.585. The van der Waals surface area contributed by atoms with E-state index >= 15 is 0 Å². The first kappa shape index (κ1) is 17.9. The predicted molar refractivity (Wildman–Crippen MR) is 99.8 cm³/mol. The quantitative estimate of drug-likeness (QED) is 0.889. The van der Waals surface area contributed by atoms with Gasteiger partial charge in [-0.3, -0.25) is 4.79 Å². The third-order valence-corrected chi connectivity index (χ3v) is 5.51. The summed E-state index contributed by atoms with van der Waals surface area (Å²) >= 11 is 0. The molecule has 2 aliphatic heterocycles. The Morgan fingerprint density at radius 2 is 2.04 bits per heavy atom. The number of likely N-dealkylation sites (tertiary alicyclic amines) is 1. The molecule has 27 heavy (non-hydrogen) atoms. The number of carbonyl (C=O) groups is 1. The van der Waals surface area contributed by atoms with Crippen LogP contribution in [0, 0.1) is 0 Å². The Kier molecular flexibility index (Phi) is 4.80. The minimum absolute atomic E-state index is 0.0169. The van der Waals surface area contributed by atoms with E-state index in [0.717, 1.165) is 23.2 Å². The lowest BCUT2D eigenvalue weighted by Crippen LogP contribution is -2.50.